The average Bonchev–Trinajstić information content (AvgIpc) is 3.03. The van der Waals surface area contributed by atoms with Crippen LogP contribution < -0.4 is 0 Å². The smallest absolute Gasteiger partial charge is 0 e. The van der Waals surface area contributed by atoms with Crippen LogP contribution in [0.2, 0.25) is 0 Å². The summed E-state index contributed by atoms with van der Waals surface area (Å²) in [6, 6.07) is 0. The minimum atomic E-state index is -0.265. The van der Waals surface area contributed by atoms with Gasteiger partial charge in [0.1, 0.15) is 0 Å². The molecule has 4 aliphatic rings. The van der Waals surface area contributed by atoms with Crippen molar-refractivity contribution in [2.75, 3.05) is 19.6 Å². The van der Waals surface area contributed by atoms with Gasteiger partial charge < -0.3 is 4.90 Å². The molecule has 0 amide bonds. The molecule has 4 fully saturated rings. The van der Waals surface area contributed by atoms with E-state index in [0.717, 1.165) is 5.92 Å². The van der Waals surface area contributed by atoms with E-state index in [1.165, 1.54) is 71.0 Å². The van der Waals surface area contributed by atoms with E-state index in [2.05, 4.69) is 36.1 Å². The van der Waals surface area contributed by atoms with E-state index in [4.69, 9.17) is 4.65 Å². The molecule has 0 N–H and O–H groups in total. The molecule has 1 saturated carbocycles. The van der Waals surface area contributed by atoms with Crippen molar-refractivity contribution in [2.45, 2.75) is 51.4 Å². The Bertz CT molecular complexity index is 168. The van der Waals surface area contributed by atoms with Crippen molar-refractivity contribution in [3.63, 3.8) is 0 Å². The third kappa shape index (κ3) is 13.4. The summed E-state index contributed by atoms with van der Waals surface area (Å²) in [5, 5.41) is 0. The first kappa shape index (κ1) is 23.3. The van der Waals surface area contributed by atoms with Crippen LogP contribution >= 0.6 is 24.6 Å². The van der Waals surface area contributed by atoms with Crippen LogP contribution in [0.4, 0.5) is 0 Å². The van der Waals surface area contributed by atoms with Crippen LogP contribution in [0, 0.1) is 12.6 Å². The number of hydrogen-bond donors (Lipinski definition) is 0. The molecule has 1 aliphatic carbocycles. The molecule has 0 unspecified atom stereocenters. The summed E-state index contributed by atoms with van der Waals surface area (Å²) < 4.78 is 7.50. The van der Waals surface area contributed by atoms with E-state index in [1.807, 2.05) is 0 Å². The second-order valence-electron chi connectivity index (χ2n) is 4.92. The Kier molecular flexibility index (Phi) is 22.2. The molecule has 113 valence electrons. The Morgan fingerprint density at radius 2 is 1.11 bits per heavy atom. The van der Waals surface area contributed by atoms with Crippen LogP contribution in [0.15, 0.2) is 0 Å². The van der Waals surface area contributed by atoms with E-state index < -0.39 is 0 Å². The Morgan fingerprint density at radius 1 is 0.842 bits per heavy atom. The standard InChI is InChI=1S/C7H13N.C5H10.CO.2BrH.In.Ni/c1-4-8-5-2-7(1)3-6-8;1-2-4-5-3-1;1-2;;;;/h7H,1-6H2;1-5H2;;2*1H;;/q;;;;;+2;/p-2. The molecule has 0 atom stereocenters. The Hall–Kier alpha value is 2.02. The molecule has 2 bridgehead atoms. The van der Waals surface area contributed by atoms with Gasteiger partial charge >= 0.3 is 54.1 Å². The number of hydrogen-bond acceptors (Lipinski definition) is 1. The van der Waals surface area contributed by atoms with Crippen molar-refractivity contribution < 1.29 is 21.1 Å². The molecular weight excluding hydrogens is 519 g/mol. The van der Waals surface area contributed by atoms with Gasteiger partial charge in [0.2, 0.25) is 0 Å². The summed E-state index contributed by atoms with van der Waals surface area (Å²) in [4.78, 5) is 2.58. The molecule has 3 heterocycles. The Morgan fingerprint density at radius 3 is 1.21 bits per heavy atom. The molecule has 0 aromatic carbocycles. The number of rotatable bonds is 0. The van der Waals surface area contributed by atoms with Gasteiger partial charge in [-0.3, -0.25) is 0 Å². The van der Waals surface area contributed by atoms with Crippen LogP contribution in [0.5, 0.6) is 0 Å². The topological polar surface area (TPSA) is 23.1 Å². The van der Waals surface area contributed by atoms with Gasteiger partial charge in [-0.2, -0.15) is 0 Å². The fourth-order valence-corrected chi connectivity index (χ4v) is 2.75. The minimum Gasteiger partial charge on any atom is 0 e. The molecule has 0 aromatic rings. The van der Waals surface area contributed by atoms with Crippen molar-refractivity contribution in [3.05, 3.63) is 6.65 Å². The van der Waals surface area contributed by atoms with Crippen molar-refractivity contribution >= 4 is 42.8 Å². The van der Waals surface area contributed by atoms with Crippen molar-refractivity contribution in [1.29, 1.82) is 0 Å². The van der Waals surface area contributed by atoms with Gasteiger partial charge in [0.15, 0.2) is 0 Å². The molecule has 19 heavy (non-hydrogen) atoms. The fraction of sp³-hybridized carbons (Fsp3) is 0.923. The summed E-state index contributed by atoms with van der Waals surface area (Å²) in [5.41, 5.74) is 0. The maximum Gasteiger partial charge on any atom is 0 e. The quantitative estimate of drug-likeness (QED) is 0.254. The van der Waals surface area contributed by atoms with Gasteiger partial charge in [-0.25, -0.2) is 0 Å². The number of nitrogens with zero attached hydrogens (tertiary/aromatic N) is 1. The molecule has 0 spiro atoms. The minimum absolute atomic E-state index is 0. The maximum atomic E-state index is 7.50. The number of fused-ring (bicyclic) bond motifs is 3. The van der Waals surface area contributed by atoms with E-state index in [1.54, 1.807) is 0 Å². The summed E-state index contributed by atoms with van der Waals surface area (Å²) in [6.07, 6.45) is 12.0. The third-order valence-electron chi connectivity index (χ3n) is 3.81. The Labute approximate surface area is 151 Å². The predicted molar refractivity (Wildman–Crippen MR) is 84.4 cm³/mol. The van der Waals surface area contributed by atoms with Crippen LogP contribution in [0.1, 0.15) is 51.4 Å². The SMILES string of the molecule is C1CCCC1.C1CN2CCC1CC2.[Br][In][Br].[C-]#[O+].[Ni]. The molecule has 1 radical (unpaired) electrons. The van der Waals surface area contributed by atoms with E-state index >= 15 is 0 Å². The average molecular weight is 543 g/mol. The summed E-state index contributed by atoms with van der Waals surface area (Å²) in [6.45, 7) is 8.68. The van der Waals surface area contributed by atoms with Crippen LogP contribution in [0.25, 0.3) is 0 Å². The zero-order valence-electron chi connectivity index (χ0n) is 11.4. The largest absolute Gasteiger partial charge is 0 e. The first-order chi connectivity index (χ1) is 8.86. The van der Waals surface area contributed by atoms with Crippen LogP contribution in [-0.2, 0) is 21.1 Å². The van der Waals surface area contributed by atoms with Crippen molar-refractivity contribution in [2.24, 2.45) is 5.92 Å². The van der Waals surface area contributed by atoms with Crippen LogP contribution in [0.3, 0.4) is 0 Å². The molecule has 2 nitrogen and oxygen atoms in total. The van der Waals surface area contributed by atoms with E-state index in [9.17, 15) is 0 Å². The summed E-state index contributed by atoms with van der Waals surface area (Å²) in [7, 11) is 0. The zero-order valence-corrected chi connectivity index (χ0v) is 18.8. The van der Waals surface area contributed by atoms with E-state index in [0.29, 0.717) is 0 Å². The van der Waals surface area contributed by atoms with Gasteiger partial charge in [0.05, 0.1) is 0 Å². The van der Waals surface area contributed by atoms with Gasteiger partial charge in [0, 0.05) is 16.5 Å². The second kappa shape index (κ2) is 18.1. The maximum absolute atomic E-state index is 7.50. The molecule has 4 rings (SSSR count). The van der Waals surface area contributed by atoms with Crippen molar-refractivity contribution in [1.82, 2.24) is 4.90 Å². The molecular formula is C13H23Br2InNNiO. The normalized spacial score (nSPS) is 26.1. The van der Waals surface area contributed by atoms with Crippen molar-refractivity contribution in [3.8, 4) is 0 Å². The second-order valence-corrected chi connectivity index (χ2v) is 19.8. The summed E-state index contributed by atoms with van der Waals surface area (Å²) >= 11 is 6.24. The molecule has 3 aliphatic heterocycles. The van der Waals surface area contributed by atoms with Gasteiger partial charge in [-0.05, 0) is 44.8 Å². The summed E-state index contributed by atoms with van der Waals surface area (Å²) in [5.74, 6) is 1.11. The number of piperidine rings is 3. The number of halogens is 2. The first-order valence-corrected chi connectivity index (χ1v) is 21.6. The molecule has 3 saturated heterocycles. The third-order valence-corrected chi connectivity index (χ3v) is 3.81. The van der Waals surface area contributed by atoms with Gasteiger partial charge in [-0.1, -0.05) is 32.1 Å². The first-order valence-electron chi connectivity index (χ1n) is 6.81. The molecule has 0 aromatic heterocycles. The van der Waals surface area contributed by atoms with Gasteiger partial charge in [-0.15, -0.1) is 0 Å². The monoisotopic (exact) mass is 540 g/mol. The predicted octanol–water partition coefficient (Wildman–Crippen LogP) is 4.32. The Balaban J connectivity index is 0. The zero-order chi connectivity index (χ0) is 13.6. The van der Waals surface area contributed by atoms with Crippen LogP contribution in [-0.4, -0.2) is 42.8 Å². The van der Waals surface area contributed by atoms with Gasteiger partial charge in [0.25, 0.3) is 0 Å². The van der Waals surface area contributed by atoms with E-state index in [-0.39, 0.29) is 34.7 Å². The fourth-order valence-electron chi connectivity index (χ4n) is 2.75. The molecule has 6 heteroatoms.